The molecule has 0 aromatic heterocycles. The summed E-state index contributed by atoms with van der Waals surface area (Å²) in [6, 6.07) is 7.78. The molecule has 7 heteroatoms. The van der Waals surface area contributed by atoms with Crippen LogP contribution in [0, 0.1) is 0 Å². The van der Waals surface area contributed by atoms with E-state index >= 15 is 0 Å². The molecular formula is C13H14N2O4S. The molecule has 2 atom stereocenters. The van der Waals surface area contributed by atoms with Gasteiger partial charge in [-0.15, -0.1) is 11.8 Å². The third kappa shape index (κ3) is 3.00. The fraction of sp³-hybridized carbons (Fsp3) is 0.308. The molecule has 6 nitrogen and oxygen atoms in total. The standard InChI is InChI=1S/C13H14N2O4S/c14-9(13(18)19)7-20-10-6-11(16)15(12(10)17)8-4-2-1-3-5-8/h1-5,9-10H,6-7,14H2,(H,18,19)/t9-,10+/m0/s1. The molecule has 1 fully saturated rings. The number of hydrogen-bond donors (Lipinski definition) is 1. The summed E-state index contributed by atoms with van der Waals surface area (Å²) < 4.78 is 0. The van der Waals surface area contributed by atoms with Crippen molar-refractivity contribution < 1.29 is 25.2 Å². The predicted molar refractivity (Wildman–Crippen MR) is 71.5 cm³/mol. The van der Waals surface area contributed by atoms with E-state index in [-0.39, 0.29) is 24.0 Å². The second-order valence-corrected chi connectivity index (χ2v) is 5.68. The van der Waals surface area contributed by atoms with Crippen LogP contribution in [0.25, 0.3) is 0 Å². The first kappa shape index (κ1) is 14.5. The lowest BCUT2D eigenvalue weighted by Crippen LogP contribution is -2.69. The zero-order valence-electron chi connectivity index (χ0n) is 10.7. The summed E-state index contributed by atoms with van der Waals surface area (Å²) in [4.78, 5) is 35.9. The number of para-hydroxylation sites is 1. The zero-order valence-corrected chi connectivity index (χ0v) is 11.5. The van der Waals surface area contributed by atoms with E-state index in [1.165, 1.54) is 0 Å². The van der Waals surface area contributed by atoms with Gasteiger partial charge in [-0.25, -0.2) is 4.90 Å². The molecule has 20 heavy (non-hydrogen) atoms. The van der Waals surface area contributed by atoms with Crippen LogP contribution >= 0.6 is 11.8 Å². The predicted octanol–water partition coefficient (Wildman–Crippen LogP) is -1.59. The summed E-state index contributed by atoms with van der Waals surface area (Å²) in [6.07, 6.45) is 0.0815. The van der Waals surface area contributed by atoms with Crippen LogP contribution in [0.15, 0.2) is 30.3 Å². The van der Waals surface area contributed by atoms with Gasteiger partial charge in [0, 0.05) is 6.42 Å². The third-order valence-corrected chi connectivity index (χ3v) is 4.32. The number of thioether (sulfide) groups is 1. The highest BCUT2D eigenvalue weighted by Crippen LogP contribution is 2.29. The van der Waals surface area contributed by atoms with Gasteiger partial charge >= 0.3 is 0 Å². The molecule has 2 rings (SSSR count). The number of carboxylic acid groups (broad SMARTS) is 1. The summed E-state index contributed by atoms with van der Waals surface area (Å²) in [6.45, 7) is 0. The number of carboxylic acids is 1. The molecule has 2 amide bonds. The monoisotopic (exact) mass is 294 g/mol. The number of carbonyl (C=O) groups is 3. The molecule has 0 spiro atoms. The largest absolute Gasteiger partial charge is 0.544 e. The molecule has 1 aromatic carbocycles. The smallest absolute Gasteiger partial charge is 0.247 e. The summed E-state index contributed by atoms with van der Waals surface area (Å²) in [5.41, 5.74) is 3.97. The highest BCUT2D eigenvalue weighted by Gasteiger charge is 2.40. The van der Waals surface area contributed by atoms with E-state index in [4.69, 9.17) is 0 Å². The number of hydrogen-bond acceptors (Lipinski definition) is 5. The fourth-order valence-electron chi connectivity index (χ4n) is 1.88. The minimum absolute atomic E-state index is 0.0815. The highest BCUT2D eigenvalue weighted by molar-refractivity contribution is 8.00. The molecule has 1 aromatic rings. The van der Waals surface area contributed by atoms with Gasteiger partial charge in [0.1, 0.15) is 6.04 Å². The molecule has 0 bridgehead atoms. The van der Waals surface area contributed by atoms with Crippen LogP contribution in [0.5, 0.6) is 0 Å². The first-order valence-electron chi connectivity index (χ1n) is 6.08. The molecular weight excluding hydrogens is 280 g/mol. The first-order chi connectivity index (χ1) is 9.50. The highest BCUT2D eigenvalue weighted by atomic mass is 32.2. The number of nitrogens with zero attached hydrogens (tertiary/aromatic N) is 1. The van der Waals surface area contributed by atoms with Crippen molar-refractivity contribution in [2.75, 3.05) is 10.7 Å². The van der Waals surface area contributed by atoms with Crippen molar-refractivity contribution in [3.63, 3.8) is 0 Å². The summed E-state index contributed by atoms with van der Waals surface area (Å²) in [5.74, 6) is -1.69. The van der Waals surface area contributed by atoms with Crippen LogP contribution in [0.2, 0.25) is 0 Å². The number of quaternary nitrogens is 1. The summed E-state index contributed by atoms with van der Waals surface area (Å²) in [7, 11) is 0. The second-order valence-electron chi connectivity index (χ2n) is 4.44. The van der Waals surface area contributed by atoms with Crippen molar-refractivity contribution in [2.24, 2.45) is 0 Å². The van der Waals surface area contributed by atoms with E-state index in [9.17, 15) is 19.5 Å². The molecule has 0 unspecified atom stereocenters. The lowest BCUT2D eigenvalue weighted by molar-refractivity contribution is -0.431. The van der Waals surface area contributed by atoms with Crippen LogP contribution < -0.4 is 15.7 Å². The molecule has 0 saturated carbocycles. The molecule has 1 heterocycles. The van der Waals surface area contributed by atoms with Gasteiger partial charge in [-0.2, -0.15) is 0 Å². The van der Waals surface area contributed by atoms with E-state index in [1.807, 2.05) is 0 Å². The van der Waals surface area contributed by atoms with E-state index in [1.54, 1.807) is 30.3 Å². The Hall–Kier alpha value is -1.86. The number of rotatable bonds is 5. The second kappa shape index (κ2) is 6.06. The minimum Gasteiger partial charge on any atom is -0.544 e. The van der Waals surface area contributed by atoms with Gasteiger partial charge in [-0.3, -0.25) is 9.59 Å². The molecule has 1 aliphatic rings. The van der Waals surface area contributed by atoms with E-state index < -0.39 is 17.3 Å². The SMILES string of the molecule is [NH3+][C@@H](CS[C@@H]1CC(=O)N(c2ccccc2)C1=O)C(=O)[O-]. The minimum atomic E-state index is -1.26. The molecule has 3 N–H and O–H groups in total. The van der Waals surface area contributed by atoms with Crippen molar-refractivity contribution in [3.05, 3.63) is 30.3 Å². The average molecular weight is 294 g/mol. The van der Waals surface area contributed by atoms with Crippen molar-refractivity contribution >= 4 is 35.2 Å². The number of carbonyl (C=O) groups excluding carboxylic acids is 3. The third-order valence-electron chi connectivity index (χ3n) is 2.95. The molecule has 0 radical (unpaired) electrons. The van der Waals surface area contributed by atoms with Crippen LogP contribution in [-0.2, 0) is 14.4 Å². The maximum atomic E-state index is 12.2. The van der Waals surface area contributed by atoms with Gasteiger partial charge in [0.25, 0.3) is 0 Å². The lowest BCUT2D eigenvalue weighted by atomic mass is 10.3. The maximum Gasteiger partial charge on any atom is 0.247 e. The average Bonchev–Trinajstić information content (AvgIpc) is 2.71. The number of amides is 2. The van der Waals surface area contributed by atoms with Crippen molar-refractivity contribution in [2.45, 2.75) is 17.7 Å². The molecule has 1 aliphatic heterocycles. The number of benzene rings is 1. The van der Waals surface area contributed by atoms with E-state index in [0.29, 0.717) is 5.69 Å². The zero-order chi connectivity index (χ0) is 14.7. The van der Waals surface area contributed by atoms with E-state index in [2.05, 4.69) is 5.73 Å². The summed E-state index contributed by atoms with van der Waals surface area (Å²) in [5, 5.41) is 10.0. The topological polar surface area (TPSA) is 105 Å². The van der Waals surface area contributed by atoms with Gasteiger partial charge in [-0.05, 0) is 12.1 Å². The lowest BCUT2D eigenvalue weighted by Gasteiger charge is -2.15. The van der Waals surface area contributed by atoms with Gasteiger partial charge in [0.05, 0.1) is 22.7 Å². The van der Waals surface area contributed by atoms with Crippen molar-refractivity contribution in [1.82, 2.24) is 0 Å². The molecule has 1 saturated heterocycles. The van der Waals surface area contributed by atoms with Crippen LogP contribution in [0.1, 0.15) is 6.42 Å². The number of imide groups is 1. The van der Waals surface area contributed by atoms with Crippen LogP contribution in [0.3, 0.4) is 0 Å². The Kier molecular flexibility index (Phi) is 4.41. The van der Waals surface area contributed by atoms with Crippen LogP contribution in [-0.4, -0.2) is 34.8 Å². The number of aliphatic carboxylic acids is 1. The quantitative estimate of drug-likeness (QED) is 0.659. The Morgan fingerprint density at radius 3 is 2.65 bits per heavy atom. The normalized spacial score (nSPS) is 20.2. The Morgan fingerprint density at radius 2 is 2.05 bits per heavy atom. The van der Waals surface area contributed by atoms with Crippen LogP contribution in [0.4, 0.5) is 5.69 Å². The first-order valence-corrected chi connectivity index (χ1v) is 7.13. The van der Waals surface area contributed by atoms with Crippen molar-refractivity contribution in [1.29, 1.82) is 0 Å². The maximum absolute atomic E-state index is 12.2. The molecule has 106 valence electrons. The van der Waals surface area contributed by atoms with Gasteiger partial charge in [0.2, 0.25) is 11.8 Å². The number of anilines is 1. The molecule has 0 aliphatic carbocycles. The Morgan fingerprint density at radius 1 is 1.40 bits per heavy atom. The van der Waals surface area contributed by atoms with Gasteiger partial charge in [-0.1, -0.05) is 18.2 Å². The Bertz CT molecular complexity index is 534. The van der Waals surface area contributed by atoms with Crippen molar-refractivity contribution in [3.8, 4) is 0 Å². The van der Waals surface area contributed by atoms with E-state index in [0.717, 1.165) is 16.7 Å². The Labute approximate surface area is 119 Å². The van der Waals surface area contributed by atoms with Gasteiger partial charge in [0.15, 0.2) is 0 Å². The summed E-state index contributed by atoms with van der Waals surface area (Å²) >= 11 is 1.14. The van der Waals surface area contributed by atoms with Gasteiger partial charge < -0.3 is 15.6 Å². The fourth-order valence-corrected chi connectivity index (χ4v) is 2.99. The Balaban J connectivity index is 2.04.